The van der Waals surface area contributed by atoms with Gasteiger partial charge >= 0.3 is 0 Å². The fourth-order valence-corrected chi connectivity index (χ4v) is 8.83. The Morgan fingerprint density at radius 3 is 1.74 bits per heavy atom. The standard InChI is InChI=1S/C58H38N2O/c1-2-15-39(16-3-1)40-29-34-43(35-30-40)59(54-26-11-9-22-49(54)50-23-14-24-51-52-38-33-41-17-4-5-19-46(41)57(52)61-58(50)51)44-36-31-42(32-37-44)45-18-6-10-25-53(45)60-55-27-12-7-20-47(55)48-21-8-13-28-56(48)60/h1-38H/i1D,2D,3D,15D,16D,29D,30D,34D,35D. The predicted octanol–water partition coefficient (Wildman–Crippen LogP) is 16.3. The number of fused-ring (bicyclic) bond motifs is 8. The average Bonchev–Trinajstić information content (AvgIpc) is 3.96. The maximum atomic E-state index is 9.71. The Hall–Kier alpha value is -8.14. The lowest BCUT2D eigenvalue weighted by Gasteiger charge is -2.28. The number of para-hydroxylation sites is 5. The van der Waals surface area contributed by atoms with Crippen LogP contribution in [0.2, 0.25) is 0 Å². The van der Waals surface area contributed by atoms with E-state index < -0.39 is 59.9 Å². The third-order valence-corrected chi connectivity index (χ3v) is 11.6. The molecule has 0 spiro atoms. The second kappa shape index (κ2) is 14.3. The zero-order chi connectivity index (χ0) is 48.1. The van der Waals surface area contributed by atoms with Gasteiger partial charge in [-0.3, -0.25) is 0 Å². The van der Waals surface area contributed by atoms with Gasteiger partial charge in [0.15, 0.2) is 0 Å². The van der Waals surface area contributed by atoms with Crippen LogP contribution in [0.3, 0.4) is 0 Å². The molecule has 0 radical (unpaired) electrons. The van der Waals surface area contributed by atoms with E-state index in [2.05, 4.69) is 53.1 Å². The van der Waals surface area contributed by atoms with E-state index in [4.69, 9.17) is 11.3 Å². The largest absolute Gasteiger partial charge is 0.455 e. The van der Waals surface area contributed by atoms with Crippen molar-refractivity contribution in [2.45, 2.75) is 0 Å². The Bertz CT molecular complexity index is 4030. The molecule has 286 valence electrons. The van der Waals surface area contributed by atoms with E-state index >= 15 is 0 Å². The number of benzene rings is 10. The predicted molar refractivity (Wildman–Crippen MR) is 257 cm³/mol. The average molecular weight is 788 g/mol. The van der Waals surface area contributed by atoms with Gasteiger partial charge in [-0.25, -0.2) is 0 Å². The Kier molecular flexibility index (Phi) is 6.28. The highest BCUT2D eigenvalue weighted by Gasteiger charge is 2.22. The van der Waals surface area contributed by atoms with Crippen LogP contribution in [0.15, 0.2) is 235 Å². The number of nitrogens with zero attached hydrogens (tertiary/aromatic N) is 2. The van der Waals surface area contributed by atoms with Gasteiger partial charge in [0.25, 0.3) is 0 Å². The molecule has 12 rings (SSSR count). The summed E-state index contributed by atoms with van der Waals surface area (Å²) in [6.07, 6.45) is 0. The molecule has 0 bridgehead atoms. The monoisotopic (exact) mass is 787 g/mol. The summed E-state index contributed by atoms with van der Waals surface area (Å²) in [5, 5.41) is 6.14. The highest BCUT2D eigenvalue weighted by Crippen LogP contribution is 2.46. The van der Waals surface area contributed by atoms with Gasteiger partial charge in [-0.15, -0.1) is 0 Å². The van der Waals surface area contributed by atoms with Crippen molar-refractivity contribution in [3.63, 3.8) is 0 Å². The van der Waals surface area contributed by atoms with Gasteiger partial charge in [-0.2, -0.15) is 0 Å². The van der Waals surface area contributed by atoms with Gasteiger partial charge in [-0.05, 0) is 76.6 Å². The second-order valence-electron chi connectivity index (χ2n) is 15.0. The molecule has 0 atom stereocenters. The van der Waals surface area contributed by atoms with E-state index in [-0.39, 0.29) is 11.3 Å². The molecule has 0 fully saturated rings. The molecule has 12 aromatic rings. The molecule has 3 nitrogen and oxygen atoms in total. The van der Waals surface area contributed by atoms with Crippen molar-refractivity contribution in [1.29, 1.82) is 0 Å². The molecule has 0 saturated carbocycles. The first-order valence-corrected chi connectivity index (χ1v) is 20.1. The van der Waals surface area contributed by atoms with E-state index in [1.54, 1.807) is 4.90 Å². The number of aromatic nitrogens is 1. The van der Waals surface area contributed by atoms with Crippen LogP contribution in [-0.2, 0) is 0 Å². The lowest BCUT2D eigenvalue weighted by atomic mass is 9.98. The Labute approximate surface area is 366 Å². The number of furan rings is 1. The van der Waals surface area contributed by atoms with Crippen LogP contribution in [0.4, 0.5) is 17.1 Å². The Morgan fingerprint density at radius 2 is 0.967 bits per heavy atom. The van der Waals surface area contributed by atoms with Gasteiger partial charge < -0.3 is 13.9 Å². The minimum atomic E-state index is -0.639. The van der Waals surface area contributed by atoms with Gasteiger partial charge in [0.05, 0.1) is 34.7 Å². The normalized spacial score (nSPS) is 13.7. The Morgan fingerprint density at radius 1 is 0.377 bits per heavy atom. The van der Waals surface area contributed by atoms with E-state index in [1.165, 1.54) is 0 Å². The summed E-state index contributed by atoms with van der Waals surface area (Å²) >= 11 is 0. The molecule has 10 aromatic carbocycles. The fraction of sp³-hybridized carbons (Fsp3) is 0. The number of anilines is 3. The molecule has 0 unspecified atom stereocenters. The molecular weight excluding hydrogens is 741 g/mol. The first-order valence-electron chi connectivity index (χ1n) is 24.6. The molecular formula is C58H38N2O. The van der Waals surface area contributed by atoms with Gasteiger partial charge in [0, 0.05) is 55.0 Å². The van der Waals surface area contributed by atoms with Gasteiger partial charge in [0.1, 0.15) is 11.2 Å². The van der Waals surface area contributed by atoms with Crippen LogP contribution in [0.1, 0.15) is 12.3 Å². The van der Waals surface area contributed by atoms with Crippen molar-refractivity contribution in [2.75, 3.05) is 4.90 Å². The highest BCUT2D eigenvalue weighted by atomic mass is 16.3. The molecule has 3 heteroatoms. The highest BCUT2D eigenvalue weighted by molar-refractivity contribution is 6.18. The summed E-state index contributed by atoms with van der Waals surface area (Å²) in [5.41, 5.74) is 7.92. The first-order chi connectivity index (χ1) is 34.0. The zero-order valence-electron chi connectivity index (χ0n) is 41.5. The summed E-state index contributed by atoms with van der Waals surface area (Å²) in [6.45, 7) is 0. The minimum absolute atomic E-state index is 0.0974. The summed E-state index contributed by atoms with van der Waals surface area (Å²) in [6, 6.07) is 53.2. The molecule has 0 amide bonds. The zero-order valence-corrected chi connectivity index (χ0v) is 32.5. The smallest absolute Gasteiger partial charge is 0.143 e. The molecule has 0 saturated heterocycles. The van der Waals surface area contributed by atoms with Crippen LogP contribution in [0.25, 0.3) is 93.6 Å². The van der Waals surface area contributed by atoms with Crippen LogP contribution in [0.5, 0.6) is 0 Å². The van der Waals surface area contributed by atoms with E-state index in [1.807, 2.05) is 127 Å². The maximum absolute atomic E-state index is 9.71. The number of rotatable bonds is 7. The van der Waals surface area contributed by atoms with Gasteiger partial charge in [0.2, 0.25) is 0 Å². The first kappa shape index (κ1) is 26.8. The molecule has 61 heavy (non-hydrogen) atoms. The van der Waals surface area contributed by atoms with Crippen molar-refractivity contribution >= 4 is 71.6 Å². The van der Waals surface area contributed by atoms with Crippen molar-refractivity contribution in [2.24, 2.45) is 0 Å². The quantitative estimate of drug-likeness (QED) is 0.160. The fourth-order valence-electron chi connectivity index (χ4n) is 8.83. The van der Waals surface area contributed by atoms with Crippen molar-refractivity contribution in [3.05, 3.63) is 230 Å². The van der Waals surface area contributed by atoms with Crippen LogP contribution in [-0.4, -0.2) is 4.57 Å². The topological polar surface area (TPSA) is 21.3 Å². The van der Waals surface area contributed by atoms with E-state index in [9.17, 15) is 5.48 Å². The molecule has 0 aliphatic rings. The van der Waals surface area contributed by atoms with Crippen molar-refractivity contribution in [1.82, 2.24) is 4.57 Å². The summed E-state index contributed by atoms with van der Waals surface area (Å²) in [4.78, 5) is 1.71. The van der Waals surface area contributed by atoms with Crippen molar-refractivity contribution < 1.29 is 16.8 Å². The van der Waals surface area contributed by atoms with E-state index in [0.29, 0.717) is 22.5 Å². The van der Waals surface area contributed by atoms with Crippen LogP contribution in [0, 0.1) is 0 Å². The maximum Gasteiger partial charge on any atom is 0.143 e. The van der Waals surface area contributed by atoms with E-state index in [0.717, 1.165) is 71.3 Å². The molecule has 2 aromatic heterocycles. The molecule has 0 N–H and O–H groups in total. The van der Waals surface area contributed by atoms with Crippen LogP contribution >= 0.6 is 0 Å². The SMILES string of the molecule is [2H]c1c([2H])c([2H])c(-c2c([2H])c([2H])c(N(c3ccc(-c4ccccc4-n4c5ccccc5c5ccccc54)cc3)c3ccccc3-c3cccc4c3oc3c5ccccc5ccc43)c([2H])c2[2H])c([2H])c1[2H]. The third kappa shape index (κ3) is 5.74. The lowest BCUT2D eigenvalue weighted by molar-refractivity contribution is 0.674. The lowest BCUT2D eigenvalue weighted by Crippen LogP contribution is -2.11. The molecule has 2 heterocycles. The second-order valence-corrected chi connectivity index (χ2v) is 15.0. The Balaban J connectivity index is 1.09. The summed E-state index contributed by atoms with van der Waals surface area (Å²) < 4.78 is 89.8. The van der Waals surface area contributed by atoms with Crippen molar-refractivity contribution in [3.8, 4) is 39.1 Å². The summed E-state index contributed by atoms with van der Waals surface area (Å²) in [5.74, 6) is 0. The number of hydrogen-bond acceptors (Lipinski definition) is 2. The number of hydrogen-bond donors (Lipinski definition) is 0. The van der Waals surface area contributed by atoms with Crippen LogP contribution < -0.4 is 4.90 Å². The van der Waals surface area contributed by atoms with Gasteiger partial charge in [-0.1, -0.05) is 176 Å². The third-order valence-electron chi connectivity index (χ3n) is 11.6. The summed E-state index contributed by atoms with van der Waals surface area (Å²) in [7, 11) is 0. The minimum Gasteiger partial charge on any atom is -0.455 e. The molecule has 0 aliphatic heterocycles. The molecule has 0 aliphatic carbocycles.